The topological polar surface area (TPSA) is 36.4 Å². The molecule has 0 bridgehead atoms. The molecule has 1 aromatic heterocycles. The number of hydrogen-bond donors (Lipinski definition) is 0. The van der Waals surface area contributed by atoms with E-state index in [1.165, 1.54) is 22.3 Å². The molecular formula is C32H33N3O. The maximum Gasteiger partial charge on any atom is 0.223 e. The molecular weight excluding hydrogens is 442 g/mol. The van der Waals surface area contributed by atoms with Crippen molar-refractivity contribution in [2.45, 2.75) is 30.8 Å². The molecule has 2 atom stereocenters. The van der Waals surface area contributed by atoms with Gasteiger partial charge < -0.3 is 4.90 Å². The fourth-order valence-corrected chi connectivity index (χ4v) is 5.43. The van der Waals surface area contributed by atoms with E-state index in [0.29, 0.717) is 6.42 Å². The molecule has 0 N–H and O–H groups in total. The van der Waals surface area contributed by atoms with Crippen LogP contribution in [0.25, 0.3) is 0 Å². The summed E-state index contributed by atoms with van der Waals surface area (Å²) in [6.07, 6.45) is 5.21. The van der Waals surface area contributed by atoms with Crippen LogP contribution in [0.2, 0.25) is 0 Å². The molecule has 4 heteroatoms. The van der Waals surface area contributed by atoms with Crippen molar-refractivity contribution >= 4 is 5.91 Å². The van der Waals surface area contributed by atoms with E-state index >= 15 is 0 Å². The standard InChI is InChI=1S/C32H33N3O/c1-34(31(36)22-30(25-12-5-2-6-13-25)26-14-7-3-8-15-26)29-19-21-35(24-29)32(27-16-9-4-10-17-27)28-18-11-20-33-23-28/h2-18,20,23,29-30,32H,19,21-22,24H2,1H3/t29-,32?/m1/s1. The van der Waals surface area contributed by atoms with Crippen molar-refractivity contribution < 1.29 is 4.79 Å². The molecule has 4 nitrogen and oxygen atoms in total. The highest BCUT2D eigenvalue weighted by molar-refractivity contribution is 5.78. The van der Waals surface area contributed by atoms with E-state index in [4.69, 9.17) is 0 Å². The lowest BCUT2D eigenvalue weighted by atomic mass is 9.88. The van der Waals surface area contributed by atoms with Crippen molar-refractivity contribution in [3.8, 4) is 0 Å². The zero-order chi connectivity index (χ0) is 24.7. The van der Waals surface area contributed by atoms with Crippen LogP contribution >= 0.6 is 0 Å². The lowest BCUT2D eigenvalue weighted by molar-refractivity contribution is -0.132. The second kappa shape index (κ2) is 11.3. The summed E-state index contributed by atoms with van der Waals surface area (Å²) in [5.41, 5.74) is 4.80. The van der Waals surface area contributed by atoms with Crippen LogP contribution < -0.4 is 0 Å². The second-order valence-corrected chi connectivity index (χ2v) is 9.62. The van der Waals surface area contributed by atoms with E-state index < -0.39 is 0 Å². The smallest absolute Gasteiger partial charge is 0.223 e. The Morgan fingerprint density at radius 2 is 1.39 bits per heavy atom. The van der Waals surface area contributed by atoms with E-state index in [1.54, 1.807) is 0 Å². The number of carbonyl (C=O) groups is 1. The average molecular weight is 476 g/mol. The van der Waals surface area contributed by atoms with Gasteiger partial charge in [0.1, 0.15) is 0 Å². The van der Waals surface area contributed by atoms with E-state index in [2.05, 4.69) is 94.8 Å². The SMILES string of the molecule is CN(C(=O)CC(c1ccccc1)c1ccccc1)[C@@H]1CCN(C(c2ccccc2)c2cccnc2)C1. The van der Waals surface area contributed by atoms with Crippen LogP contribution in [0.3, 0.4) is 0 Å². The lowest BCUT2D eigenvalue weighted by Crippen LogP contribution is -2.40. The summed E-state index contributed by atoms with van der Waals surface area (Å²) in [5.74, 6) is 0.240. The van der Waals surface area contributed by atoms with Gasteiger partial charge in [-0.1, -0.05) is 97.1 Å². The molecule has 1 amide bonds. The summed E-state index contributed by atoms with van der Waals surface area (Å²) in [7, 11) is 1.98. The third-order valence-corrected chi connectivity index (χ3v) is 7.40. The number of hydrogen-bond acceptors (Lipinski definition) is 3. The van der Waals surface area contributed by atoms with Crippen LogP contribution in [0.15, 0.2) is 116 Å². The summed E-state index contributed by atoms with van der Waals surface area (Å²) < 4.78 is 0. The number of aromatic nitrogens is 1. The van der Waals surface area contributed by atoms with Crippen LogP contribution in [-0.4, -0.2) is 46.9 Å². The highest BCUT2D eigenvalue weighted by atomic mass is 16.2. The molecule has 0 aliphatic carbocycles. The Balaban J connectivity index is 1.32. The van der Waals surface area contributed by atoms with Gasteiger partial charge in [-0.2, -0.15) is 0 Å². The summed E-state index contributed by atoms with van der Waals surface area (Å²) in [6, 6.07) is 35.8. The van der Waals surface area contributed by atoms with Gasteiger partial charge in [-0.05, 0) is 34.7 Å². The van der Waals surface area contributed by atoms with Gasteiger partial charge in [0.05, 0.1) is 6.04 Å². The number of pyridine rings is 1. The van der Waals surface area contributed by atoms with Gasteiger partial charge in [-0.3, -0.25) is 14.7 Å². The maximum atomic E-state index is 13.6. The molecule has 3 aromatic carbocycles. The quantitative estimate of drug-likeness (QED) is 0.317. The Morgan fingerprint density at radius 1 is 0.833 bits per heavy atom. The molecule has 182 valence electrons. The number of carbonyl (C=O) groups excluding carboxylic acids is 1. The van der Waals surface area contributed by atoms with Crippen LogP contribution in [0.4, 0.5) is 0 Å². The molecule has 1 fully saturated rings. The molecule has 1 unspecified atom stereocenters. The number of likely N-dealkylation sites (N-methyl/N-ethyl adjacent to an activating group) is 1. The molecule has 5 rings (SSSR count). The molecule has 1 aliphatic heterocycles. The predicted molar refractivity (Wildman–Crippen MR) is 145 cm³/mol. The van der Waals surface area contributed by atoms with E-state index in [1.807, 2.05) is 42.5 Å². The van der Waals surface area contributed by atoms with Gasteiger partial charge in [0.2, 0.25) is 5.91 Å². The first kappa shape index (κ1) is 24.0. The van der Waals surface area contributed by atoms with Crippen LogP contribution in [-0.2, 0) is 4.79 Å². The van der Waals surface area contributed by atoms with Gasteiger partial charge in [-0.15, -0.1) is 0 Å². The van der Waals surface area contributed by atoms with E-state index in [0.717, 1.165) is 19.5 Å². The first-order valence-electron chi connectivity index (χ1n) is 12.7. The van der Waals surface area contributed by atoms with Gasteiger partial charge >= 0.3 is 0 Å². The van der Waals surface area contributed by atoms with Gasteiger partial charge in [0.25, 0.3) is 0 Å². The van der Waals surface area contributed by atoms with Crippen molar-refractivity contribution in [3.05, 3.63) is 138 Å². The predicted octanol–water partition coefficient (Wildman–Crippen LogP) is 5.93. The highest BCUT2D eigenvalue weighted by Gasteiger charge is 2.34. The molecule has 1 saturated heterocycles. The third-order valence-electron chi connectivity index (χ3n) is 7.40. The highest BCUT2D eigenvalue weighted by Crippen LogP contribution is 2.33. The van der Waals surface area contributed by atoms with Crippen LogP contribution in [0.5, 0.6) is 0 Å². The molecule has 0 radical (unpaired) electrons. The number of likely N-dealkylation sites (tertiary alicyclic amines) is 1. The molecule has 0 saturated carbocycles. The number of rotatable bonds is 8. The average Bonchev–Trinajstić information content (AvgIpc) is 3.43. The van der Waals surface area contributed by atoms with E-state index in [9.17, 15) is 4.79 Å². The summed E-state index contributed by atoms with van der Waals surface area (Å²) in [6.45, 7) is 1.79. The minimum atomic E-state index is 0.0484. The zero-order valence-corrected chi connectivity index (χ0v) is 20.8. The zero-order valence-electron chi connectivity index (χ0n) is 20.8. The molecule has 4 aromatic rings. The maximum absolute atomic E-state index is 13.6. The first-order chi connectivity index (χ1) is 17.7. The van der Waals surface area contributed by atoms with E-state index in [-0.39, 0.29) is 23.9 Å². The van der Waals surface area contributed by atoms with Crippen molar-refractivity contribution in [3.63, 3.8) is 0 Å². The van der Waals surface area contributed by atoms with Crippen LogP contribution in [0, 0.1) is 0 Å². The second-order valence-electron chi connectivity index (χ2n) is 9.62. The van der Waals surface area contributed by atoms with Gasteiger partial charge in [0, 0.05) is 50.9 Å². The van der Waals surface area contributed by atoms with Crippen molar-refractivity contribution in [2.24, 2.45) is 0 Å². The molecule has 1 aliphatic rings. The Labute approximate surface area is 214 Å². The minimum absolute atomic E-state index is 0.0484. The largest absolute Gasteiger partial charge is 0.341 e. The Kier molecular flexibility index (Phi) is 7.53. The first-order valence-corrected chi connectivity index (χ1v) is 12.7. The van der Waals surface area contributed by atoms with Crippen LogP contribution in [0.1, 0.15) is 47.1 Å². The number of amides is 1. The Hall–Kier alpha value is -3.76. The van der Waals surface area contributed by atoms with Gasteiger partial charge in [0.15, 0.2) is 0 Å². The molecule has 2 heterocycles. The monoisotopic (exact) mass is 475 g/mol. The van der Waals surface area contributed by atoms with Crippen molar-refractivity contribution in [2.75, 3.05) is 20.1 Å². The Bertz CT molecular complexity index is 1150. The Morgan fingerprint density at radius 3 is 1.94 bits per heavy atom. The lowest BCUT2D eigenvalue weighted by Gasteiger charge is -2.31. The fraction of sp³-hybridized carbons (Fsp3) is 0.250. The van der Waals surface area contributed by atoms with Crippen molar-refractivity contribution in [1.82, 2.24) is 14.8 Å². The minimum Gasteiger partial charge on any atom is -0.341 e. The summed E-state index contributed by atoms with van der Waals surface area (Å²) in [5, 5.41) is 0. The normalized spacial score (nSPS) is 16.7. The van der Waals surface area contributed by atoms with Crippen molar-refractivity contribution in [1.29, 1.82) is 0 Å². The fourth-order valence-electron chi connectivity index (χ4n) is 5.43. The summed E-state index contributed by atoms with van der Waals surface area (Å²) >= 11 is 0. The van der Waals surface area contributed by atoms with Gasteiger partial charge in [-0.25, -0.2) is 0 Å². The molecule has 36 heavy (non-hydrogen) atoms. The molecule has 0 spiro atoms. The summed E-state index contributed by atoms with van der Waals surface area (Å²) in [4.78, 5) is 22.5. The third kappa shape index (κ3) is 5.39. The number of nitrogens with zero attached hydrogens (tertiary/aromatic N) is 3. The number of benzene rings is 3.